The van der Waals surface area contributed by atoms with Crippen molar-refractivity contribution < 1.29 is 9.13 Å². The number of benzene rings is 1. The molecule has 0 heterocycles. The standard InChI is InChI=1S/C17H27FN2O/c1-12-8-16(2,3)10-17(9-12,11-19)20-15-7-13(21-4)5-6-14(15)18/h5-7,12,20H,8-11,19H2,1-4H3. The third-order valence-corrected chi connectivity index (χ3v) is 4.42. The predicted octanol–water partition coefficient (Wildman–Crippen LogP) is 3.79. The largest absolute Gasteiger partial charge is 0.497 e. The Bertz CT molecular complexity index is 504. The summed E-state index contributed by atoms with van der Waals surface area (Å²) in [5.41, 5.74) is 6.50. The molecule has 1 saturated carbocycles. The van der Waals surface area contributed by atoms with Crippen LogP contribution in [-0.2, 0) is 0 Å². The molecule has 1 fully saturated rings. The highest BCUT2D eigenvalue weighted by Gasteiger charge is 2.42. The fourth-order valence-electron chi connectivity index (χ4n) is 4.06. The summed E-state index contributed by atoms with van der Waals surface area (Å²) in [5, 5.41) is 3.39. The van der Waals surface area contributed by atoms with E-state index in [1.54, 1.807) is 19.2 Å². The third kappa shape index (κ3) is 3.67. The van der Waals surface area contributed by atoms with Crippen molar-refractivity contribution in [1.82, 2.24) is 0 Å². The summed E-state index contributed by atoms with van der Waals surface area (Å²) in [6, 6.07) is 4.77. The number of nitrogens with one attached hydrogen (secondary N) is 1. The number of hydrogen-bond acceptors (Lipinski definition) is 3. The van der Waals surface area contributed by atoms with Crippen molar-refractivity contribution in [2.24, 2.45) is 17.1 Å². The Labute approximate surface area is 127 Å². The van der Waals surface area contributed by atoms with Crippen molar-refractivity contribution >= 4 is 5.69 Å². The van der Waals surface area contributed by atoms with E-state index in [9.17, 15) is 4.39 Å². The summed E-state index contributed by atoms with van der Waals surface area (Å²) in [6.07, 6.45) is 3.08. The molecule has 21 heavy (non-hydrogen) atoms. The minimum absolute atomic E-state index is 0.208. The Hall–Kier alpha value is -1.29. The molecule has 0 aromatic heterocycles. The van der Waals surface area contributed by atoms with Gasteiger partial charge >= 0.3 is 0 Å². The number of methoxy groups -OCH3 is 1. The van der Waals surface area contributed by atoms with Gasteiger partial charge in [0.1, 0.15) is 11.6 Å². The van der Waals surface area contributed by atoms with Crippen LogP contribution < -0.4 is 15.8 Å². The second-order valence-electron chi connectivity index (χ2n) is 7.31. The molecule has 0 amide bonds. The van der Waals surface area contributed by atoms with E-state index in [1.165, 1.54) is 12.5 Å². The molecule has 0 radical (unpaired) electrons. The van der Waals surface area contributed by atoms with Crippen LogP contribution in [0.3, 0.4) is 0 Å². The molecule has 0 spiro atoms. The van der Waals surface area contributed by atoms with Crippen molar-refractivity contribution in [1.29, 1.82) is 0 Å². The molecule has 118 valence electrons. The summed E-state index contributed by atoms with van der Waals surface area (Å²) in [4.78, 5) is 0. The van der Waals surface area contributed by atoms with Gasteiger partial charge in [0.05, 0.1) is 18.3 Å². The van der Waals surface area contributed by atoms with Crippen molar-refractivity contribution in [3.8, 4) is 5.75 Å². The third-order valence-electron chi connectivity index (χ3n) is 4.42. The molecular weight excluding hydrogens is 267 g/mol. The van der Waals surface area contributed by atoms with E-state index >= 15 is 0 Å². The summed E-state index contributed by atoms with van der Waals surface area (Å²) >= 11 is 0. The van der Waals surface area contributed by atoms with Crippen LogP contribution in [0.1, 0.15) is 40.0 Å². The zero-order valence-corrected chi connectivity index (χ0v) is 13.5. The number of halogens is 1. The van der Waals surface area contributed by atoms with Gasteiger partial charge in [-0.3, -0.25) is 0 Å². The number of rotatable bonds is 4. The minimum Gasteiger partial charge on any atom is -0.497 e. The van der Waals surface area contributed by atoms with Gasteiger partial charge in [0.2, 0.25) is 0 Å². The van der Waals surface area contributed by atoms with E-state index in [-0.39, 0.29) is 16.8 Å². The predicted molar refractivity (Wildman–Crippen MR) is 85.2 cm³/mol. The normalized spacial score (nSPS) is 28.2. The van der Waals surface area contributed by atoms with Crippen LogP contribution in [0.2, 0.25) is 0 Å². The van der Waals surface area contributed by atoms with Crippen LogP contribution in [-0.4, -0.2) is 19.2 Å². The maximum atomic E-state index is 14.1. The quantitative estimate of drug-likeness (QED) is 0.888. The Morgan fingerprint density at radius 3 is 2.67 bits per heavy atom. The Balaban J connectivity index is 2.30. The lowest BCUT2D eigenvalue weighted by Crippen LogP contribution is -2.53. The first-order valence-corrected chi connectivity index (χ1v) is 7.61. The molecule has 4 heteroatoms. The van der Waals surface area contributed by atoms with Crippen LogP contribution in [0.15, 0.2) is 18.2 Å². The number of anilines is 1. The summed E-state index contributed by atoms with van der Waals surface area (Å²) < 4.78 is 19.3. The highest BCUT2D eigenvalue weighted by atomic mass is 19.1. The van der Waals surface area contributed by atoms with Gasteiger partial charge in [0.15, 0.2) is 0 Å². The first-order valence-electron chi connectivity index (χ1n) is 7.61. The van der Waals surface area contributed by atoms with Crippen molar-refractivity contribution in [2.75, 3.05) is 19.0 Å². The molecule has 3 N–H and O–H groups in total. The molecule has 0 bridgehead atoms. The number of nitrogens with two attached hydrogens (primary N) is 1. The smallest absolute Gasteiger partial charge is 0.146 e. The molecular formula is C17H27FN2O. The van der Waals surface area contributed by atoms with Gasteiger partial charge in [-0.15, -0.1) is 0 Å². The Morgan fingerprint density at radius 2 is 2.10 bits per heavy atom. The highest BCUT2D eigenvalue weighted by molar-refractivity contribution is 5.52. The van der Waals surface area contributed by atoms with Crippen molar-refractivity contribution in [2.45, 2.75) is 45.6 Å². The first kappa shape index (κ1) is 16.1. The van der Waals surface area contributed by atoms with Gasteiger partial charge in [0.25, 0.3) is 0 Å². The summed E-state index contributed by atoms with van der Waals surface area (Å²) in [6.45, 7) is 7.26. The second kappa shape index (κ2) is 5.84. The average Bonchev–Trinajstić information content (AvgIpc) is 2.39. The zero-order valence-electron chi connectivity index (χ0n) is 13.5. The van der Waals surface area contributed by atoms with E-state index in [1.807, 2.05) is 0 Å². The average molecular weight is 294 g/mol. The SMILES string of the molecule is COc1ccc(F)c(NC2(CN)CC(C)CC(C)(C)C2)c1. The minimum atomic E-state index is -0.264. The molecule has 1 aliphatic carbocycles. The highest BCUT2D eigenvalue weighted by Crippen LogP contribution is 2.45. The van der Waals surface area contributed by atoms with E-state index in [4.69, 9.17) is 10.5 Å². The first-order chi connectivity index (χ1) is 9.79. The van der Waals surface area contributed by atoms with Gasteiger partial charge in [-0.2, -0.15) is 0 Å². The van der Waals surface area contributed by atoms with E-state index in [0.717, 1.165) is 12.8 Å². The van der Waals surface area contributed by atoms with Crippen LogP contribution in [0.4, 0.5) is 10.1 Å². The molecule has 0 saturated heterocycles. The van der Waals surface area contributed by atoms with Crippen molar-refractivity contribution in [3.63, 3.8) is 0 Å². The van der Waals surface area contributed by atoms with Crippen LogP contribution >= 0.6 is 0 Å². The molecule has 3 nitrogen and oxygen atoms in total. The number of hydrogen-bond donors (Lipinski definition) is 2. The molecule has 2 unspecified atom stereocenters. The summed E-state index contributed by atoms with van der Waals surface area (Å²) in [5.74, 6) is 0.951. The monoisotopic (exact) mass is 294 g/mol. The van der Waals surface area contributed by atoms with E-state index < -0.39 is 0 Å². The molecule has 0 aliphatic heterocycles. The van der Waals surface area contributed by atoms with Gasteiger partial charge in [0, 0.05) is 12.6 Å². The zero-order chi connectivity index (χ0) is 15.7. The molecule has 1 aromatic rings. The Morgan fingerprint density at radius 1 is 1.38 bits per heavy atom. The van der Waals surface area contributed by atoms with Crippen molar-refractivity contribution in [3.05, 3.63) is 24.0 Å². The molecule has 2 atom stereocenters. The maximum absolute atomic E-state index is 14.1. The molecule has 1 aliphatic rings. The van der Waals surface area contributed by atoms with Gasteiger partial charge in [-0.05, 0) is 42.7 Å². The molecule has 2 rings (SSSR count). The van der Waals surface area contributed by atoms with Gasteiger partial charge in [-0.1, -0.05) is 20.8 Å². The Kier molecular flexibility index (Phi) is 4.47. The van der Waals surface area contributed by atoms with E-state index in [0.29, 0.717) is 23.9 Å². The fraction of sp³-hybridized carbons (Fsp3) is 0.647. The second-order valence-corrected chi connectivity index (χ2v) is 7.31. The summed E-state index contributed by atoms with van der Waals surface area (Å²) in [7, 11) is 1.58. The topological polar surface area (TPSA) is 47.3 Å². The van der Waals surface area contributed by atoms with Crippen LogP contribution in [0.25, 0.3) is 0 Å². The maximum Gasteiger partial charge on any atom is 0.146 e. The van der Waals surface area contributed by atoms with Gasteiger partial charge in [-0.25, -0.2) is 4.39 Å². The molecule has 1 aromatic carbocycles. The van der Waals surface area contributed by atoms with Gasteiger partial charge < -0.3 is 15.8 Å². The van der Waals surface area contributed by atoms with Crippen LogP contribution in [0, 0.1) is 17.2 Å². The number of ether oxygens (including phenoxy) is 1. The lowest BCUT2D eigenvalue weighted by molar-refractivity contribution is 0.125. The van der Waals surface area contributed by atoms with Crippen LogP contribution in [0.5, 0.6) is 5.75 Å². The fourth-order valence-corrected chi connectivity index (χ4v) is 4.06. The lowest BCUT2D eigenvalue weighted by atomic mass is 9.64. The van der Waals surface area contributed by atoms with E-state index in [2.05, 4.69) is 26.1 Å². The lowest BCUT2D eigenvalue weighted by Gasteiger charge is -2.48.